The van der Waals surface area contributed by atoms with Gasteiger partial charge >= 0.3 is 5.97 Å². The van der Waals surface area contributed by atoms with Crippen LogP contribution in [0.2, 0.25) is 0 Å². The first kappa shape index (κ1) is 20.9. The molecule has 7 nitrogen and oxygen atoms in total. The Balaban J connectivity index is 1.95. The van der Waals surface area contributed by atoms with Crippen molar-refractivity contribution in [3.05, 3.63) is 17.7 Å². The monoisotopic (exact) mass is 379 g/mol. The molecule has 1 aliphatic carbocycles. The van der Waals surface area contributed by atoms with E-state index < -0.39 is 5.97 Å². The van der Waals surface area contributed by atoms with Gasteiger partial charge in [-0.15, -0.1) is 0 Å². The summed E-state index contributed by atoms with van der Waals surface area (Å²) in [5.74, 6) is 0.0117. The number of amides is 1. The average molecular weight is 379 g/mol. The predicted molar refractivity (Wildman–Crippen MR) is 101 cm³/mol. The van der Waals surface area contributed by atoms with E-state index in [1.807, 2.05) is 0 Å². The van der Waals surface area contributed by atoms with Gasteiger partial charge in [-0.1, -0.05) is 32.1 Å². The molecule has 0 aliphatic heterocycles. The molecule has 1 aromatic carbocycles. The number of hydrogen-bond donors (Lipinski definition) is 1. The van der Waals surface area contributed by atoms with Crippen LogP contribution in [0.3, 0.4) is 0 Å². The second-order valence-electron chi connectivity index (χ2n) is 6.57. The van der Waals surface area contributed by atoms with Crippen molar-refractivity contribution < 1.29 is 28.5 Å². The highest BCUT2D eigenvalue weighted by Gasteiger charge is 2.23. The topological polar surface area (TPSA) is 83.1 Å². The molecule has 0 spiro atoms. The Labute approximate surface area is 160 Å². The van der Waals surface area contributed by atoms with Crippen LogP contribution in [-0.2, 0) is 9.53 Å². The Hall–Kier alpha value is -2.44. The summed E-state index contributed by atoms with van der Waals surface area (Å²) in [6.07, 6.45) is 7.87. The van der Waals surface area contributed by atoms with Crippen LogP contribution in [0.4, 0.5) is 0 Å². The third-order valence-corrected chi connectivity index (χ3v) is 4.73. The van der Waals surface area contributed by atoms with E-state index in [1.165, 1.54) is 46.7 Å². The van der Waals surface area contributed by atoms with Gasteiger partial charge in [-0.2, -0.15) is 0 Å². The first-order valence-corrected chi connectivity index (χ1v) is 9.36. The van der Waals surface area contributed by atoms with Crippen molar-refractivity contribution >= 4 is 11.9 Å². The van der Waals surface area contributed by atoms with Crippen LogP contribution in [0.25, 0.3) is 0 Å². The van der Waals surface area contributed by atoms with Crippen LogP contribution in [0.1, 0.15) is 55.3 Å². The van der Waals surface area contributed by atoms with Gasteiger partial charge in [0, 0.05) is 6.04 Å². The van der Waals surface area contributed by atoms with E-state index in [1.54, 1.807) is 6.07 Å². The molecule has 1 aliphatic rings. The Morgan fingerprint density at radius 3 is 2.15 bits per heavy atom. The van der Waals surface area contributed by atoms with Crippen LogP contribution in [0.15, 0.2) is 12.1 Å². The molecule has 1 fully saturated rings. The highest BCUT2D eigenvalue weighted by Crippen LogP contribution is 2.39. The third-order valence-electron chi connectivity index (χ3n) is 4.73. The molecule has 1 saturated carbocycles. The largest absolute Gasteiger partial charge is 0.493 e. The fourth-order valence-electron chi connectivity index (χ4n) is 3.34. The van der Waals surface area contributed by atoms with Crippen LogP contribution >= 0.6 is 0 Å². The minimum absolute atomic E-state index is 0.159. The van der Waals surface area contributed by atoms with Gasteiger partial charge in [0.15, 0.2) is 18.1 Å². The number of carbonyl (C=O) groups is 2. The summed E-state index contributed by atoms with van der Waals surface area (Å²) in [4.78, 5) is 24.6. The Morgan fingerprint density at radius 2 is 1.56 bits per heavy atom. The molecule has 0 unspecified atom stereocenters. The molecule has 27 heavy (non-hydrogen) atoms. The lowest BCUT2D eigenvalue weighted by Gasteiger charge is -2.21. The van der Waals surface area contributed by atoms with E-state index in [0.29, 0.717) is 11.5 Å². The predicted octanol–water partition coefficient (Wildman–Crippen LogP) is 3.10. The van der Waals surface area contributed by atoms with Crippen molar-refractivity contribution in [2.24, 2.45) is 0 Å². The lowest BCUT2D eigenvalue weighted by molar-refractivity contribution is -0.125. The van der Waals surface area contributed by atoms with E-state index in [0.717, 1.165) is 25.7 Å². The van der Waals surface area contributed by atoms with Crippen LogP contribution in [0, 0.1) is 0 Å². The number of hydrogen-bond acceptors (Lipinski definition) is 6. The summed E-state index contributed by atoms with van der Waals surface area (Å²) < 4.78 is 20.9. The maximum Gasteiger partial charge on any atom is 0.342 e. The van der Waals surface area contributed by atoms with Gasteiger partial charge in [-0.25, -0.2) is 4.79 Å². The quantitative estimate of drug-likeness (QED) is 0.733. The number of nitrogens with one attached hydrogen (secondary N) is 1. The number of ether oxygens (including phenoxy) is 4. The molecule has 2 rings (SSSR count). The van der Waals surface area contributed by atoms with Crippen molar-refractivity contribution in [1.29, 1.82) is 0 Å². The SMILES string of the molecule is COc1ccc(C(=O)OCC(=O)NC2CCCCCCC2)c(OC)c1OC. The first-order chi connectivity index (χ1) is 13.1. The average Bonchev–Trinajstić information content (AvgIpc) is 2.66. The van der Waals surface area contributed by atoms with Crippen molar-refractivity contribution in [1.82, 2.24) is 5.32 Å². The highest BCUT2D eigenvalue weighted by molar-refractivity contribution is 5.95. The first-order valence-electron chi connectivity index (χ1n) is 9.36. The number of benzene rings is 1. The summed E-state index contributed by atoms with van der Waals surface area (Å²) in [5, 5.41) is 2.97. The van der Waals surface area contributed by atoms with E-state index >= 15 is 0 Å². The van der Waals surface area contributed by atoms with E-state index in [-0.39, 0.29) is 29.9 Å². The fraction of sp³-hybridized carbons (Fsp3) is 0.600. The highest BCUT2D eigenvalue weighted by atomic mass is 16.5. The minimum Gasteiger partial charge on any atom is -0.493 e. The summed E-state index contributed by atoms with van der Waals surface area (Å²) >= 11 is 0. The molecule has 150 valence electrons. The van der Waals surface area contributed by atoms with Crippen molar-refractivity contribution in [3.8, 4) is 17.2 Å². The fourth-order valence-corrected chi connectivity index (χ4v) is 3.34. The summed E-state index contributed by atoms with van der Waals surface area (Å²) in [6.45, 7) is -0.327. The maximum absolute atomic E-state index is 12.4. The standard InChI is InChI=1S/C20H29NO6/c1-24-16-12-11-15(18(25-2)19(16)26-3)20(23)27-13-17(22)21-14-9-7-5-4-6-8-10-14/h11-12,14H,4-10,13H2,1-3H3,(H,21,22). The molecular weight excluding hydrogens is 350 g/mol. The third kappa shape index (κ3) is 5.77. The zero-order valence-corrected chi connectivity index (χ0v) is 16.3. The minimum atomic E-state index is -0.652. The normalized spacial score (nSPS) is 15.2. The molecule has 0 atom stereocenters. The van der Waals surface area contributed by atoms with Gasteiger partial charge in [-0.05, 0) is 25.0 Å². The molecule has 1 aromatic rings. The van der Waals surface area contributed by atoms with Crippen molar-refractivity contribution in [2.45, 2.75) is 51.0 Å². The molecule has 0 radical (unpaired) electrons. The second kappa shape index (κ2) is 10.6. The molecule has 0 heterocycles. The zero-order valence-electron chi connectivity index (χ0n) is 16.3. The smallest absolute Gasteiger partial charge is 0.342 e. The second-order valence-corrected chi connectivity index (χ2v) is 6.57. The molecule has 7 heteroatoms. The number of esters is 1. The lowest BCUT2D eigenvalue weighted by atomic mass is 9.97. The Morgan fingerprint density at radius 1 is 0.926 bits per heavy atom. The van der Waals surface area contributed by atoms with Gasteiger partial charge in [0.2, 0.25) is 5.75 Å². The molecule has 0 bridgehead atoms. The Kier molecular flexibility index (Phi) is 8.23. The van der Waals surface area contributed by atoms with Crippen LogP contribution in [0.5, 0.6) is 17.2 Å². The molecule has 1 amide bonds. The maximum atomic E-state index is 12.4. The molecular formula is C20H29NO6. The van der Waals surface area contributed by atoms with Crippen LogP contribution < -0.4 is 19.5 Å². The van der Waals surface area contributed by atoms with E-state index in [9.17, 15) is 9.59 Å². The Bertz CT molecular complexity index is 638. The number of carbonyl (C=O) groups excluding carboxylic acids is 2. The van der Waals surface area contributed by atoms with Gasteiger partial charge < -0.3 is 24.3 Å². The number of rotatable bonds is 7. The van der Waals surface area contributed by atoms with E-state index in [2.05, 4.69) is 5.32 Å². The van der Waals surface area contributed by atoms with Crippen molar-refractivity contribution in [2.75, 3.05) is 27.9 Å². The molecule has 0 aromatic heterocycles. The summed E-state index contributed by atoms with van der Waals surface area (Å²) in [6, 6.07) is 3.27. The molecule has 0 saturated heterocycles. The summed E-state index contributed by atoms with van der Waals surface area (Å²) in [7, 11) is 4.38. The number of methoxy groups -OCH3 is 3. The molecule has 1 N–H and O–H groups in total. The van der Waals surface area contributed by atoms with Gasteiger partial charge in [-0.3, -0.25) is 4.79 Å². The zero-order chi connectivity index (χ0) is 19.6. The van der Waals surface area contributed by atoms with Crippen molar-refractivity contribution in [3.63, 3.8) is 0 Å². The van der Waals surface area contributed by atoms with Crippen LogP contribution in [-0.4, -0.2) is 45.9 Å². The van der Waals surface area contributed by atoms with Gasteiger partial charge in [0.25, 0.3) is 5.91 Å². The van der Waals surface area contributed by atoms with E-state index in [4.69, 9.17) is 18.9 Å². The van der Waals surface area contributed by atoms with Gasteiger partial charge in [0.1, 0.15) is 5.56 Å². The van der Waals surface area contributed by atoms with Gasteiger partial charge in [0.05, 0.1) is 21.3 Å². The summed E-state index contributed by atoms with van der Waals surface area (Å²) in [5.41, 5.74) is 0.175. The lowest BCUT2D eigenvalue weighted by Crippen LogP contribution is -2.38.